The molecule has 2 rings (SSSR count). The number of methoxy groups -OCH3 is 1. The van der Waals surface area contributed by atoms with Gasteiger partial charge in [-0.2, -0.15) is 9.59 Å². The topological polar surface area (TPSA) is 61.2 Å². The van der Waals surface area contributed by atoms with E-state index in [1.807, 2.05) is 18.2 Å². The summed E-state index contributed by atoms with van der Waals surface area (Å²) in [4.78, 5) is 20.9. The summed E-state index contributed by atoms with van der Waals surface area (Å²) in [5.74, 6) is 1.91. The minimum absolute atomic E-state index is 0.250. The Balaban J connectivity index is 0.000000677. The average Bonchev–Trinajstić information content (AvgIpc) is 2.91. The fourth-order valence-electron chi connectivity index (χ4n) is 1.95. The number of benzene rings is 1. The van der Waals surface area contributed by atoms with E-state index in [1.165, 1.54) is 0 Å². The Hall–Kier alpha value is -1.91. The number of nitrogens with zero attached hydrogens (tertiary/aromatic N) is 2. The molecule has 0 unspecified atom stereocenters. The lowest BCUT2D eigenvalue weighted by Gasteiger charge is -2.11. The largest absolute Gasteiger partial charge is 0.495 e. The molecule has 0 saturated heterocycles. The monoisotopic (exact) mass is 352 g/mol. The van der Waals surface area contributed by atoms with Crippen LogP contribution in [0.3, 0.4) is 0 Å². The molecule has 0 bridgehead atoms. The summed E-state index contributed by atoms with van der Waals surface area (Å²) in [5.41, 5.74) is 2.14. The van der Waals surface area contributed by atoms with Crippen LogP contribution in [-0.4, -0.2) is 22.8 Å². The van der Waals surface area contributed by atoms with E-state index in [2.05, 4.69) is 45.5 Å². The van der Waals surface area contributed by atoms with Gasteiger partial charge in [0.15, 0.2) is 0 Å². The standard InChI is InChI=1S/C14H17BrN2O.CO2/c1-4-11-9-17(14(5-2)16-11)12-7-6-10(15)8-13(12)18-3;2-1-3/h6-9H,4-5H2,1-3H3;. The van der Waals surface area contributed by atoms with Crippen LogP contribution in [0.25, 0.3) is 5.69 Å². The van der Waals surface area contributed by atoms with Crippen molar-refractivity contribution in [2.75, 3.05) is 7.11 Å². The lowest BCUT2D eigenvalue weighted by atomic mass is 10.2. The van der Waals surface area contributed by atoms with E-state index < -0.39 is 0 Å². The first kappa shape index (κ1) is 17.1. The van der Waals surface area contributed by atoms with Gasteiger partial charge in [0, 0.05) is 17.1 Å². The summed E-state index contributed by atoms with van der Waals surface area (Å²) in [5, 5.41) is 0. The molecule has 0 spiro atoms. The predicted molar refractivity (Wildman–Crippen MR) is 81.6 cm³/mol. The number of halogens is 1. The van der Waals surface area contributed by atoms with Gasteiger partial charge in [0.2, 0.25) is 0 Å². The fourth-order valence-corrected chi connectivity index (χ4v) is 2.29. The third kappa shape index (κ3) is 4.28. The van der Waals surface area contributed by atoms with Crippen molar-refractivity contribution in [2.24, 2.45) is 0 Å². The lowest BCUT2D eigenvalue weighted by Crippen LogP contribution is -2.01. The predicted octanol–water partition coefficient (Wildman–Crippen LogP) is 3.18. The zero-order valence-corrected chi connectivity index (χ0v) is 13.8. The van der Waals surface area contributed by atoms with Crippen molar-refractivity contribution >= 4 is 22.1 Å². The molecule has 0 aliphatic heterocycles. The quantitative estimate of drug-likeness (QED) is 0.847. The van der Waals surface area contributed by atoms with Crippen LogP contribution >= 0.6 is 15.9 Å². The minimum atomic E-state index is 0.250. The van der Waals surface area contributed by atoms with Crippen molar-refractivity contribution < 1.29 is 14.3 Å². The highest BCUT2D eigenvalue weighted by Crippen LogP contribution is 2.28. The SMILES string of the molecule is CCc1cn(-c2ccc(Br)cc2OC)c(CC)n1.O=C=O. The Morgan fingerprint density at radius 2 is 1.95 bits per heavy atom. The molecule has 0 aliphatic rings. The molecule has 112 valence electrons. The molecule has 0 N–H and O–H groups in total. The number of aromatic nitrogens is 2. The first-order valence-corrected chi connectivity index (χ1v) is 7.30. The normalized spacial score (nSPS) is 9.52. The van der Waals surface area contributed by atoms with E-state index in [0.717, 1.165) is 40.3 Å². The smallest absolute Gasteiger partial charge is 0.373 e. The van der Waals surface area contributed by atoms with Crippen LogP contribution in [0.2, 0.25) is 0 Å². The Bertz CT molecular complexity index is 632. The second kappa shape index (κ2) is 8.39. The Labute approximate surface area is 132 Å². The van der Waals surface area contributed by atoms with E-state index in [9.17, 15) is 0 Å². The van der Waals surface area contributed by atoms with Crippen LogP contribution in [-0.2, 0) is 22.4 Å². The van der Waals surface area contributed by atoms with Gasteiger partial charge in [-0.3, -0.25) is 4.57 Å². The van der Waals surface area contributed by atoms with Gasteiger partial charge >= 0.3 is 6.15 Å². The molecule has 0 saturated carbocycles. The summed E-state index contributed by atoms with van der Waals surface area (Å²) >= 11 is 3.46. The summed E-state index contributed by atoms with van der Waals surface area (Å²) in [6.07, 6.45) is 4.18. The lowest BCUT2D eigenvalue weighted by molar-refractivity contribution is -0.191. The summed E-state index contributed by atoms with van der Waals surface area (Å²) in [6, 6.07) is 6.03. The van der Waals surface area contributed by atoms with Gasteiger partial charge in [-0.15, -0.1) is 0 Å². The Kier molecular flexibility index (Phi) is 6.85. The molecule has 1 heterocycles. The number of hydrogen-bond acceptors (Lipinski definition) is 4. The molecule has 5 nitrogen and oxygen atoms in total. The van der Waals surface area contributed by atoms with Crippen LogP contribution in [0.5, 0.6) is 5.75 Å². The van der Waals surface area contributed by atoms with Gasteiger partial charge in [0.1, 0.15) is 11.6 Å². The van der Waals surface area contributed by atoms with Crippen LogP contribution < -0.4 is 4.74 Å². The maximum atomic E-state index is 8.12. The molecule has 2 aromatic rings. The van der Waals surface area contributed by atoms with Crippen LogP contribution in [0.1, 0.15) is 25.4 Å². The molecule has 1 aromatic carbocycles. The van der Waals surface area contributed by atoms with Crippen LogP contribution in [0.15, 0.2) is 28.9 Å². The third-order valence-electron chi connectivity index (χ3n) is 2.91. The average molecular weight is 353 g/mol. The molecule has 0 aliphatic carbocycles. The molecule has 21 heavy (non-hydrogen) atoms. The summed E-state index contributed by atoms with van der Waals surface area (Å²) in [6.45, 7) is 4.23. The number of aryl methyl sites for hydroxylation is 2. The van der Waals surface area contributed by atoms with E-state index in [4.69, 9.17) is 14.3 Å². The number of rotatable bonds is 4. The Morgan fingerprint density at radius 3 is 2.48 bits per heavy atom. The van der Waals surface area contributed by atoms with Crippen LogP contribution in [0.4, 0.5) is 0 Å². The van der Waals surface area contributed by atoms with Gasteiger partial charge in [-0.25, -0.2) is 4.98 Å². The molecular formula is C15H17BrN2O3. The van der Waals surface area contributed by atoms with Crippen molar-refractivity contribution in [3.05, 3.63) is 40.4 Å². The zero-order valence-electron chi connectivity index (χ0n) is 12.2. The minimum Gasteiger partial charge on any atom is -0.495 e. The molecule has 0 amide bonds. The van der Waals surface area contributed by atoms with Crippen molar-refractivity contribution in [3.63, 3.8) is 0 Å². The molecule has 0 radical (unpaired) electrons. The molecule has 0 atom stereocenters. The van der Waals surface area contributed by atoms with Crippen molar-refractivity contribution in [1.82, 2.24) is 9.55 Å². The number of imidazole rings is 1. The molecule has 0 fully saturated rings. The number of ether oxygens (including phenoxy) is 1. The highest BCUT2D eigenvalue weighted by molar-refractivity contribution is 9.10. The van der Waals surface area contributed by atoms with E-state index in [0.29, 0.717) is 0 Å². The number of hydrogen-bond donors (Lipinski definition) is 0. The van der Waals surface area contributed by atoms with Crippen molar-refractivity contribution in [2.45, 2.75) is 26.7 Å². The highest BCUT2D eigenvalue weighted by Gasteiger charge is 2.11. The van der Waals surface area contributed by atoms with E-state index in [1.54, 1.807) is 7.11 Å². The molecular weight excluding hydrogens is 336 g/mol. The second-order valence-corrected chi connectivity index (χ2v) is 5.04. The fraction of sp³-hybridized carbons (Fsp3) is 0.333. The molecule has 1 aromatic heterocycles. The van der Waals surface area contributed by atoms with Gasteiger partial charge < -0.3 is 4.74 Å². The maximum Gasteiger partial charge on any atom is 0.373 e. The Morgan fingerprint density at radius 1 is 1.29 bits per heavy atom. The van der Waals surface area contributed by atoms with Crippen molar-refractivity contribution in [1.29, 1.82) is 0 Å². The van der Waals surface area contributed by atoms with Crippen LogP contribution in [0, 0.1) is 0 Å². The first-order valence-electron chi connectivity index (χ1n) is 6.51. The maximum absolute atomic E-state index is 8.12. The third-order valence-corrected chi connectivity index (χ3v) is 3.40. The van der Waals surface area contributed by atoms with E-state index >= 15 is 0 Å². The van der Waals surface area contributed by atoms with Crippen molar-refractivity contribution in [3.8, 4) is 11.4 Å². The second-order valence-electron chi connectivity index (χ2n) is 4.13. The number of carbonyl (C=O) groups excluding carboxylic acids is 2. The van der Waals surface area contributed by atoms with Gasteiger partial charge in [-0.05, 0) is 24.6 Å². The van der Waals surface area contributed by atoms with E-state index in [-0.39, 0.29) is 6.15 Å². The summed E-state index contributed by atoms with van der Waals surface area (Å²) < 4.78 is 8.57. The molecule has 6 heteroatoms. The highest BCUT2D eigenvalue weighted by atomic mass is 79.9. The van der Waals surface area contributed by atoms with Gasteiger partial charge in [-0.1, -0.05) is 29.8 Å². The van der Waals surface area contributed by atoms with Gasteiger partial charge in [0.05, 0.1) is 18.5 Å². The zero-order chi connectivity index (χ0) is 15.8. The first-order chi connectivity index (χ1) is 10.1. The van der Waals surface area contributed by atoms with Gasteiger partial charge in [0.25, 0.3) is 0 Å². The summed E-state index contributed by atoms with van der Waals surface area (Å²) in [7, 11) is 1.69.